The lowest BCUT2D eigenvalue weighted by molar-refractivity contribution is -0.108. The molecule has 0 aromatic carbocycles. The van der Waals surface area contributed by atoms with E-state index in [1.165, 1.54) is 0 Å². The van der Waals surface area contributed by atoms with E-state index in [1.54, 1.807) is 21.3 Å². The van der Waals surface area contributed by atoms with Crippen molar-refractivity contribution in [2.75, 3.05) is 21.3 Å². The van der Waals surface area contributed by atoms with Crippen LogP contribution in [0.1, 0.15) is 26.7 Å². The Morgan fingerprint density at radius 1 is 1.12 bits per heavy atom. The Kier molecular flexibility index (Phi) is 7.81. The summed E-state index contributed by atoms with van der Waals surface area (Å²) in [5.74, 6) is 0. The monoisotopic (exact) mass is 276 g/mol. The molecule has 0 aliphatic carbocycles. The molecule has 0 heterocycles. The summed E-state index contributed by atoms with van der Waals surface area (Å²) in [7, 11) is 3.00. The summed E-state index contributed by atoms with van der Waals surface area (Å²) in [4.78, 5) is 11.3. The first-order valence-corrected chi connectivity index (χ1v) is 8.68. The van der Waals surface area contributed by atoms with Gasteiger partial charge < -0.3 is 18.1 Å². The van der Waals surface area contributed by atoms with Gasteiger partial charge in [0.05, 0.1) is 10.2 Å². The highest BCUT2D eigenvalue weighted by atomic mass is 28.4. The van der Waals surface area contributed by atoms with E-state index in [2.05, 4.69) is 0 Å². The second-order valence-corrected chi connectivity index (χ2v) is 8.11. The molecule has 0 unspecified atom stereocenters. The number of hydrogen-bond acceptors (Lipinski definition) is 4. The Labute approximate surface area is 108 Å². The molecule has 0 N–H and O–H groups in total. The molecule has 0 amide bonds. The summed E-state index contributed by atoms with van der Waals surface area (Å²) in [6.45, 7) is 3.92. The SMILES string of the molecule is CO[Si](CCCC(C)=C(C)C(=O)[SiH3])(OC)OC. The van der Waals surface area contributed by atoms with Crippen LogP contribution >= 0.6 is 0 Å². The van der Waals surface area contributed by atoms with Crippen LogP contribution < -0.4 is 0 Å². The molecule has 0 aliphatic heterocycles. The molecule has 0 aliphatic rings. The summed E-state index contributed by atoms with van der Waals surface area (Å²) in [6.07, 6.45) is 1.81. The van der Waals surface area contributed by atoms with Crippen LogP contribution in [0.5, 0.6) is 0 Å². The van der Waals surface area contributed by atoms with Gasteiger partial charge in [-0.05, 0) is 32.3 Å². The highest BCUT2D eigenvalue weighted by molar-refractivity contribution is 6.62. The van der Waals surface area contributed by atoms with Gasteiger partial charge in [-0.2, -0.15) is 0 Å². The van der Waals surface area contributed by atoms with Gasteiger partial charge in [-0.3, -0.25) is 0 Å². The highest BCUT2D eigenvalue weighted by Crippen LogP contribution is 2.19. The quantitative estimate of drug-likeness (QED) is 0.487. The second kappa shape index (κ2) is 7.94. The number of hydrogen-bond donors (Lipinski definition) is 0. The molecule has 0 radical (unpaired) electrons. The zero-order valence-electron chi connectivity index (χ0n) is 11.8. The molecule has 0 bridgehead atoms. The Balaban J connectivity index is 4.32. The van der Waals surface area contributed by atoms with Crippen molar-refractivity contribution in [3.8, 4) is 0 Å². The smallest absolute Gasteiger partial charge is 0.377 e. The molecule has 17 heavy (non-hydrogen) atoms. The molecule has 4 nitrogen and oxygen atoms in total. The zero-order valence-corrected chi connectivity index (χ0v) is 14.8. The Morgan fingerprint density at radius 2 is 1.59 bits per heavy atom. The lowest BCUT2D eigenvalue weighted by Gasteiger charge is -2.24. The summed E-state index contributed by atoms with van der Waals surface area (Å²) in [5.41, 5.74) is 2.08. The Bertz CT molecular complexity index is 277. The fourth-order valence-electron chi connectivity index (χ4n) is 1.61. The lowest BCUT2D eigenvalue weighted by Crippen LogP contribution is -2.42. The van der Waals surface area contributed by atoms with Crippen LogP contribution in [0.4, 0.5) is 0 Å². The molecule has 0 rings (SSSR count). The summed E-state index contributed by atoms with van der Waals surface area (Å²) < 4.78 is 16.0. The predicted octanol–water partition coefficient (Wildman–Crippen LogP) is 0.873. The van der Waals surface area contributed by atoms with E-state index in [0.717, 1.165) is 30.0 Å². The fourth-order valence-corrected chi connectivity index (χ4v) is 3.76. The van der Waals surface area contributed by atoms with Gasteiger partial charge in [0.2, 0.25) is 0 Å². The van der Waals surface area contributed by atoms with Crippen molar-refractivity contribution in [1.82, 2.24) is 0 Å². The number of carbonyl (C=O) groups excluding carboxylic acids is 1. The van der Waals surface area contributed by atoms with E-state index in [4.69, 9.17) is 13.3 Å². The van der Waals surface area contributed by atoms with Crippen molar-refractivity contribution in [1.29, 1.82) is 0 Å². The predicted molar refractivity (Wildman–Crippen MR) is 74.1 cm³/mol. The summed E-state index contributed by atoms with van der Waals surface area (Å²) in [6, 6.07) is 0.774. The zero-order chi connectivity index (χ0) is 13.5. The van der Waals surface area contributed by atoms with Crippen molar-refractivity contribution in [3.05, 3.63) is 11.1 Å². The minimum Gasteiger partial charge on any atom is -0.377 e. The first-order chi connectivity index (χ1) is 7.92. The van der Waals surface area contributed by atoms with Crippen LogP contribution in [-0.4, -0.2) is 45.8 Å². The van der Waals surface area contributed by atoms with Crippen LogP contribution in [0.2, 0.25) is 6.04 Å². The van der Waals surface area contributed by atoms with Crippen LogP contribution in [0.25, 0.3) is 0 Å². The largest absolute Gasteiger partial charge is 0.500 e. The number of allylic oxidation sites excluding steroid dienone is 2. The van der Waals surface area contributed by atoms with E-state index < -0.39 is 8.80 Å². The summed E-state index contributed by atoms with van der Waals surface area (Å²) >= 11 is 0. The van der Waals surface area contributed by atoms with Gasteiger partial charge in [-0.25, -0.2) is 0 Å². The molecule has 100 valence electrons. The van der Waals surface area contributed by atoms with E-state index in [1.807, 2.05) is 13.8 Å². The van der Waals surface area contributed by atoms with Crippen molar-refractivity contribution in [2.45, 2.75) is 32.7 Å². The molecule has 0 aromatic rings. The van der Waals surface area contributed by atoms with Gasteiger partial charge in [-0.1, -0.05) is 5.57 Å². The van der Waals surface area contributed by atoms with E-state index in [9.17, 15) is 4.79 Å². The van der Waals surface area contributed by atoms with Gasteiger partial charge >= 0.3 is 8.80 Å². The normalized spacial score (nSPS) is 13.7. The highest BCUT2D eigenvalue weighted by Gasteiger charge is 2.36. The van der Waals surface area contributed by atoms with Gasteiger partial charge in [0.25, 0.3) is 0 Å². The standard InChI is InChI=1S/C11H24O4Si2/c1-9(10(2)11(12)16)7-6-8-17(13-3,14-4)15-5/h6-8H2,1-5,16H3. The Morgan fingerprint density at radius 3 is 1.94 bits per heavy atom. The van der Waals surface area contributed by atoms with Crippen molar-refractivity contribution >= 4 is 24.5 Å². The third-order valence-corrected chi connectivity index (χ3v) is 6.72. The molecule has 0 saturated heterocycles. The Hall–Kier alpha value is -0.276. The first kappa shape index (κ1) is 16.7. The van der Waals surface area contributed by atoms with Crippen LogP contribution in [0, 0.1) is 0 Å². The molecular formula is C11H24O4Si2. The second-order valence-electron chi connectivity index (χ2n) is 4.11. The van der Waals surface area contributed by atoms with Crippen molar-refractivity contribution < 1.29 is 18.1 Å². The van der Waals surface area contributed by atoms with E-state index in [-0.39, 0.29) is 5.41 Å². The molecule has 0 saturated carbocycles. The third-order valence-electron chi connectivity index (χ3n) is 3.14. The molecule has 6 heteroatoms. The maximum absolute atomic E-state index is 11.3. The van der Waals surface area contributed by atoms with Gasteiger partial charge in [-0.15, -0.1) is 0 Å². The fraction of sp³-hybridized carbons (Fsp3) is 0.727. The average molecular weight is 276 g/mol. The molecule has 0 spiro atoms. The number of carbonyl (C=O) groups is 1. The number of rotatable bonds is 8. The van der Waals surface area contributed by atoms with Gasteiger partial charge in [0, 0.05) is 27.4 Å². The lowest BCUT2D eigenvalue weighted by atomic mass is 10.1. The molecule has 0 aromatic heterocycles. The molecule has 0 atom stereocenters. The van der Waals surface area contributed by atoms with E-state index in [0.29, 0.717) is 10.2 Å². The maximum atomic E-state index is 11.3. The minimum absolute atomic E-state index is 0.274. The first-order valence-electron chi connectivity index (χ1n) is 5.75. The van der Waals surface area contributed by atoms with E-state index >= 15 is 0 Å². The minimum atomic E-state index is -2.45. The van der Waals surface area contributed by atoms with Crippen LogP contribution in [-0.2, 0) is 18.1 Å². The van der Waals surface area contributed by atoms with Gasteiger partial charge in [0.1, 0.15) is 5.41 Å². The van der Waals surface area contributed by atoms with Crippen molar-refractivity contribution in [3.63, 3.8) is 0 Å². The summed E-state index contributed by atoms with van der Waals surface area (Å²) in [5, 5.41) is 0.274. The van der Waals surface area contributed by atoms with Crippen molar-refractivity contribution in [2.24, 2.45) is 0 Å². The van der Waals surface area contributed by atoms with Gasteiger partial charge in [0.15, 0.2) is 0 Å². The topological polar surface area (TPSA) is 44.8 Å². The third kappa shape index (κ3) is 5.26. The van der Waals surface area contributed by atoms with Crippen LogP contribution in [0.15, 0.2) is 11.1 Å². The average Bonchev–Trinajstić information content (AvgIpc) is 2.34. The molecular weight excluding hydrogens is 252 g/mol. The maximum Gasteiger partial charge on any atom is 0.500 e. The molecule has 0 fully saturated rings. The van der Waals surface area contributed by atoms with Crippen LogP contribution in [0.3, 0.4) is 0 Å².